The van der Waals surface area contributed by atoms with Crippen molar-refractivity contribution in [1.29, 1.82) is 0 Å². The molecule has 0 aromatic heterocycles. The molecule has 1 rings (SSSR count). The van der Waals surface area contributed by atoms with Gasteiger partial charge in [-0.2, -0.15) is 0 Å². The van der Waals surface area contributed by atoms with E-state index in [0.29, 0.717) is 13.2 Å². The molecule has 1 atom stereocenters. The van der Waals surface area contributed by atoms with E-state index in [2.05, 4.69) is 0 Å². The molecular formula is C6H8O2. The van der Waals surface area contributed by atoms with Crippen molar-refractivity contribution in [2.45, 2.75) is 0 Å². The molecule has 0 radical (unpaired) electrons. The van der Waals surface area contributed by atoms with E-state index in [1.807, 2.05) is 12.2 Å². The first-order valence-electron chi connectivity index (χ1n) is 2.63. The summed E-state index contributed by atoms with van der Waals surface area (Å²) in [7, 11) is 0. The molecule has 8 heavy (non-hydrogen) atoms. The van der Waals surface area contributed by atoms with Crippen LogP contribution in [0.1, 0.15) is 0 Å². The third kappa shape index (κ3) is 1.17. The van der Waals surface area contributed by atoms with Crippen molar-refractivity contribution >= 4 is 6.29 Å². The summed E-state index contributed by atoms with van der Waals surface area (Å²) in [4.78, 5) is 10.0. The van der Waals surface area contributed by atoms with Gasteiger partial charge in [-0.25, -0.2) is 0 Å². The molecule has 0 aliphatic carbocycles. The third-order valence-corrected chi connectivity index (χ3v) is 1.08. The topological polar surface area (TPSA) is 26.3 Å². The summed E-state index contributed by atoms with van der Waals surface area (Å²) < 4.78 is 4.95. The SMILES string of the molecule is O=CC1C=CCOC1. The zero-order valence-electron chi connectivity index (χ0n) is 4.54. The molecule has 0 fully saturated rings. The van der Waals surface area contributed by atoms with Crippen molar-refractivity contribution in [2.75, 3.05) is 13.2 Å². The highest BCUT2D eigenvalue weighted by atomic mass is 16.5. The van der Waals surface area contributed by atoms with Gasteiger partial charge in [-0.15, -0.1) is 0 Å². The van der Waals surface area contributed by atoms with Gasteiger partial charge in [0.1, 0.15) is 6.29 Å². The molecule has 1 aliphatic heterocycles. The summed E-state index contributed by atoms with van der Waals surface area (Å²) in [6.45, 7) is 1.21. The number of carbonyl (C=O) groups is 1. The highest BCUT2D eigenvalue weighted by Crippen LogP contribution is 2.00. The molecule has 0 aromatic rings. The van der Waals surface area contributed by atoms with Crippen LogP contribution in [-0.2, 0) is 9.53 Å². The first-order valence-corrected chi connectivity index (χ1v) is 2.63. The van der Waals surface area contributed by atoms with Gasteiger partial charge in [-0.05, 0) is 0 Å². The Morgan fingerprint density at radius 1 is 1.75 bits per heavy atom. The van der Waals surface area contributed by atoms with Gasteiger partial charge in [0, 0.05) is 0 Å². The fourth-order valence-corrected chi connectivity index (χ4v) is 0.643. The summed E-state index contributed by atoms with van der Waals surface area (Å²) in [5, 5.41) is 0. The van der Waals surface area contributed by atoms with Crippen LogP contribution in [0.3, 0.4) is 0 Å². The molecule has 2 nitrogen and oxygen atoms in total. The standard InChI is InChI=1S/C6H8O2/c7-4-6-2-1-3-8-5-6/h1-2,4,6H,3,5H2. The van der Waals surface area contributed by atoms with Crippen LogP contribution in [0.2, 0.25) is 0 Å². The highest BCUT2D eigenvalue weighted by molar-refractivity contribution is 5.56. The van der Waals surface area contributed by atoms with Crippen LogP contribution in [0.5, 0.6) is 0 Å². The molecule has 1 unspecified atom stereocenters. The molecule has 1 heterocycles. The lowest BCUT2D eigenvalue weighted by Gasteiger charge is -2.09. The lowest BCUT2D eigenvalue weighted by Crippen LogP contribution is -2.12. The second-order valence-corrected chi connectivity index (χ2v) is 1.77. The molecule has 0 N–H and O–H groups in total. The fourth-order valence-electron chi connectivity index (χ4n) is 0.643. The normalized spacial score (nSPS) is 27.8. The van der Waals surface area contributed by atoms with Crippen molar-refractivity contribution in [3.05, 3.63) is 12.2 Å². The van der Waals surface area contributed by atoms with Gasteiger partial charge < -0.3 is 9.53 Å². The van der Waals surface area contributed by atoms with Crippen molar-refractivity contribution < 1.29 is 9.53 Å². The zero-order valence-corrected chi connectivity index (χ0v) is 4.54. The second kappa shape index (κ2) is 2.62. The second-order valence-electron chi connectivity index (χ2n) is 1.77. The van der Waals surface area contributed by atoms with Crippen molar-refractivity contribution in [2.24, 2.45) is 5.92 Å². The van der Waals surface area contributed by atoms with Gasteiger partial charge in [0.15, 0.2) is 0 Å². The lowest BCUT2D eigenvalue weighted by molar-refractivity contribution is -0.111. The largest absolute Gasteiger partial charge is 0.376 e. The number of hydrogen-bond donors (Lipinski definition) is 0. The minimum atomic E-state index is 0.00347. The number of ether oxygens (including phenoxy) is 1. The van der Waals surface area contributed by atoms with Gasteiger partial charge in [0.25, 0.3) is 0 Å². The Balaban J connectivity index is 2.42. The Bertz CT molecular complexity index is 107. The summed E-state index contributed by atoms with van der Waals surface area (Å²) in [5.41, 5.74) is 0. The van der Waals surface area contributed by atoms with Crippen LogP contribution in [-0.4, -0.2) is 19.5 Å². The van der Waals surface area contributed by atoms with E-state index in [9.17, 15) is 4.79 Å². The van der Waals surface area contributed by atoms with Gasteiger partial charge in [0.2, 0.25) is 0 Å². The summed E-state index contributed by atoms with van der Waals surface area (Å²) in [6, 6.07) is 0. The van der Waals surface area contributed by atoms with Crippen LogP contribution in [0.25, 0.3) is 0 Å². The van der Waals surface area contributed by atoms with Gasteiger partial charge in [-0.3, -0.25) is 0 Å². The predicted molar refractivity (Wildman–Crippen MR) is 29.5 cm³/mol. The Kier molecular flexibility index (Phi) is 1.80. The average molecular weight is 112 g/mol. The molecule has 0 amide bonds. The van der Waals surface area contributed by atoms with Crippen molar-refractivity contribution in [3.63, 3.8) is 0 Å². The Labute approximate surface area is 48.1 Å². The minimum absolute atomic E-state index is 0.00347. The monoisotopic (exact) mass is 112 g/mol. The summed E-state index contributed by atoms with van der Waals surface area (Å²) >= 11 is 0. The van der Waals surface area contributed by atoms with E-state index in [1.54, 1.807) is 0 Å². The number of hydrogen-bond acceptors (Lipinski definition) is 2. The number of rotatable bonds is 1. The first kappa shape index (κ1) is 5.51. The van der Waals surface area contributed by atoms with E-state index >= 15 is 0 Å². The predicted octanol–water partition coefficient (Wildman–Crippen LogP) is 0.388. The lowest BCUT2D eigenvalue weighted by atomic mass is 10.1. The van der Waals surface area contributed by atoms with Gasteiger partial charge in [-0.1, -0.05) is 12.2 Å². The molecule has 0 aromatic carbocycles. The summed E-state index contributed by atoms with van der Waals surface area (Å²) in [5.74, 6) is 0.00347. The molecule has 44 valence electrons. The van der Waals surface area contributed by atoms with Crippen LogP contribution in [0.15, 0.2) is 12.2 Å². The third-order valence-electron chi connectivity index (χ3n) is 1.08. The number of carbonyl (C=O) groups excluding carboxylic acids is 1. The van der Waals surface area contributed by atoms with Crippen LogP contribution in [0.4, 0.5) is 0 Å². The highest BCUT2D eigenvalue weighted by Gasteiger charge is 2.04. The fraction of sp³-hybridized carbons (Fsp3) is 0.500. The first-order chi connectivity index (χ1) is 3.93. The maximum absolute atomic E-state index is 10.0. The smallest absolute Gasteiger partial charge is 0.129 e. The van der Waals surface area contributed by atoms with Crippen LogP contribution in [0, 0.1) is 5.92 Å². The van der Waals surface area contributed by atoms with E-state index in [0.717, 1.165) is 6.29 Å². The molecule has 0 bridgehead atoms. The average Bonchev–Trinajstić information content (AvgIpc) is 1.90. The van der Waals surface area contributed by atoms with Crippen LogP contribution >= 0.6 is 0 Å². The quantitative estimate of drug-likeness (QED) is 0.362. The molecule has 2 heteroatoms. The van der Waals surface area contributed by atoms with E-state index < -0.39 is 0 Å². The maximum atomic E-state index is 10.0. The van der Waals surface area contributed by atoms with E-state index in [-0.39, 0.29) is 5.92 Å². The molecule has 0 saturated carbocycles. The maximum Gasteiger partial charge on any atom is 0.129 e. The van der Waals surface area contributed by atoms with Crippen LogP contribution < -0.4 is 0 Å². The Morgan fingerprint density at radius 3 is 3.00 bits per heavy atom. The Hall–Kier alpha value is -0.630. The molecular weight excluding hydrogens is 104 g/mol. The zero-order chi connectivity index (χ0) is 5.82. The molecule has 0 saturated heterocycles. The Morgan fingerprint density at radius 2 is 2.62 bits per heavy atom. The van der Waals surface area contributed by atoms with E-state index in [4.69, 9.17) is 4.74 Å². The van der Waals surface area contributed by atoms with Crippen molar-refractivity contribution in [3.8, 4) is 0 Å². The van der Waals surface area contributed by atoms with Crippen molar-refractivity contribution in [1.82, 2.24) is 0 Å². The van der Waals surface area contributed by atoms with E-state index in [1.165, 1.54) is 0 Å². The summed E-state index contributed by atoms with van der Waals surface area (Å²) in [6.07, 6.45) is 4.63. The molecule has 0 spiro atoms. The van der Waals surface area contributed by atoms with Gasteiger partial charge >= 0.3 is 0 Å². The number of aldehydes is 1. The molecule has 1 aliphatic rings. The van der Waals surface area contributed by atoms with Gasteiger partial charge in [0.05, 0.1) is 19.1 Å². The minimum Gasteiger partial charge on any atom is -0.376 e.